The summed E-state index contributed by atoms with van der Waals surface area (Å²) in [5.74, 6) is -12.2. The number of nitrogens with two attached hydrogens (primary N) is 1. The van der Waals surface area contributed by atoms with Crippen LogP contribution in [0, 0.1) is 41.0 Å². The minimum Gasteiger partial charge on any atom is -0.366 e. The van der Waals surface area contributed by atoms with Crippen molar-refractivity contribution in [3.8, 4) is 0 Å². The molecule has 0 atom stereocenters. The first-order valence-corrected chi connectivity index (χ1v) is 8.15. The van der Waals surface area contributed by atoms with E-state index in [2.05, 4.69) is 6.07 Å². The number of halogens is 6. The van der Waals surface area contributed by atoms with Gasteiger partial charge in [-0.25, -0.2) is 26.3 Å². The molecule has 147 valence electrons. The summed E-state index contributed by atoms with van der Waals surface area (Å²) in [6.07, 6.45) is 0. The van der Waals surface area contributed by atoms with E-state index in [1.54, 1.807) is 0 Å². The molecule has 0 fully saturated rings. The number of benzene rings is 3. The van der Waals surface area contributed by atoms with E-state index in [-0.39, 0.29) is 27.4 Å². The summed E-state index contributed by atoms with van der Waals surface area (Å²) in [5.41, 5.74) is 4.09. The van der Waals surface area contributed by atoms with E-state index in [0.29, 0.717) is 0 Å². The van der Waals surface area contributed by atoms with Crippen molar-refractivity contribution in [3.63, 3.8) is 0 Å². The lowest BCUT2D eigenvalue weighted by molar-refractivity contribution is 0.100. The molecule has 0 spiro atoms. The van der Waals surface area contributed by atoms with Crippen LogP contribution in [0.2, 0.25) is 0 Å². The minimum absolute atomic E-state index is 0.00879. The minimum atomic E-state index is -2.29. The molecule has 0 aliphatic carbocycles. The number of rotatable bonds is 3. The Labute approximate surface area is 158 Å². The van der Waals surface area contributed by atoms with Crippen molar-refractivity contribution in [2.45, 2.75) is 6.54 Å². The van der Waals surface area contributed by atoms with Gasteiger partial charge in [0, 0.05) is 21.9 Å². The van der Waals surface area contributed by atoms with Gasteiger partial charge in [-0.2, -0.15) is 0 Å². The second kappa shape index (κ2) is 6.54. The predicted molar refractivity (Wildman–Crippen MR) is 92.1 cm³/mol. The molecule has 1 amide bonds. The normalized spacial score (nSPS) is 11.5. The first-order valence-electron chi connectivity index (χ1n) is 8.15. The zero-order chi connectivity index (χ0) is 21.0. The van der Waals surface area contributed by atoms with Gasteiger partial charge in [0.05, 0.1) is 17.6 Å². The Balaban J connectivity index is 2.11. The number of hydrogen-bond donors (Lipinski definition) is 1. The number of carbonyl (C=O) groups is 1. The van der Waals surface area contributed by atoms with Crippen LogP contribution in [0.5, 0.6) is 0 Å². The Hall–Kier alpha value is -3.49. The zero-order valence-electron chi connectivity index (χ0n) is 14.3. The van der Waals surface area contributed by atoms with Crippen LogP contribution in [0.15, 0.2) is 30.3 Å². The Kier molecular flexibility index (Phi) is 4.25. The molecule has 0 unspecified atom stereocenters. The standard InChI is InChI=1S/C20H9F6N2O/c21-11-5-1-3-8-13-9(20(27)29)4-2-6-12(13)28(19(8)11)7-10-14(22)16(24)18(26)17(25)15(10)23/h1-2,4-6H,7H2,(H2,27,29). The molecule has 29 heavy (non-hydrogen) atoms. The maximum Gasteiger partial charge on any atom is 0.249 e. The second-order valence-corrected chi connectivity index (χ2v) is 6.25. The Morgan fingerprint density at radius 2 is 1.55 bits per heavy atom. The van der Waals surface area contributed by atoms with E-state index in [0.717, 1.165) is 10.6 Å². The van der Waals surface area contributed by atoms with Crippen LogP contribution in [0.25, 0.3) is 21.8 Å². The maximum atomic E-state index is 14.6. The van der Waals surface area contributed by atoms with Crippen LogP contribution in [0.3, 0.4) is 0 Å². The lowest BCUT2D eigenvalue weighted by Gasteiger charge is -2.12. The van der Waals surface area contributed by atoms with Gasteiger partial charge in [-0.3, -0.25) is 4.79 Å². The highest BCUT2D eigenvalue weighted by Gasteiger charge is 2.27. The van der Waals surface area contributed by atoms with E-state index in [1.165, 1.54) is 24.3 Å². The number of carbonyl (C=O) groups excluding carboxylic acids is 1. The van der Waals surface area contributed by atoms with Crippen molar-refractivity contribution in [2.75, 3.05) is 0 Å². The van der Waals surface area contributed by atoms with E-state index in [9.17, 15) is 31.1 Å². The summed E-state index contributed by atoms with van der Waals surface area (Å²) in [6.45, 7) is -0.886. The molecule has 2 N–H and O–H groups in total. The molecule has 1 heterocycles. The van der Waals surface area contributed by atoms with Crippen molar-refractivity contribution in [2.24, 2.45) is 5.73 Å². The van der Waals surface area contributed by atoms with Gasteiger partial charge in [0.25, 0.3) is 0 Å². The summed E-state index contributed by atoms with van der Waals surface area (Å²) in [7, 11) is 0. The van der Waals surface area contributed by atoms with Crippen molar-refractivity contribution in [1.82, 2.24) is 4.57 Å². The van der Waals surface area contributed by atoms with Crippen molar-refractivity contribution < 1.29 is 31.1 Å². The highest BCUT2D eigenvalue weighted by Crippen LogP contribution is 2.34. The average Bonchev–Trinajstić information content (AvgIpc) is 3.03. The molecule has 3 aromatic carbocycles. The molecule has 0 saturated carbocycles. The van der Waals surface area contributed by atoms with Crippen LogP contribution >= 0.6 is 0 Å². The smallest absolute Gasteiger partial charge is 0.249 e. The number of fused-ring (bicyclic) bond motifs is 3. The average molecular weight is 407 g/mol. The SMILES string of the molecule is NC(=O)c1cccc2c1c1[c]ccc(F)c1n2Cc1c(F)c(F)c(F)c(F)c1F. The van der Waals surface area contributed by atoms with Crippen molar-refractivity contribution in [1.29, 1.82) is 0 Å². The summed E-state index contributed by atoms with van der Waals surface area (Å²) < 4.78 is 84.5. The van der Waals surface area contributed by atoms with Gasteiger partial charge in [-0.15, -0.1) is 0 Å². The fraction of sp³-hybridized carbons (Fsp3) is 0.0500. The highest BCUT2D eigenvalue weighted by atomic mass is 19.2. The topological polar surface area (TPSA) is 48.0 Å². The molecule has 0 saturated heterocycles. The first kappa shape index (κ1) is 18.9. The Morgan fingerprint density at radius 3 is 2.17 bits per heavy atom. The molecule has 3 nitrogen and oxygen atoms in total. The number of aromatic nitrogens is 1. The molecule has 4 rings (SSSR count). The second-order valence-electron chi connectivity index (χ2n) is 6.25. The molecule has 1 aromatic heterocycles. The molecule has 0 aliphatic heterocycles. The first-order chi connectivity index (χ1) is 13.7. The lowest BCUT2D eigenvalue weighted by atomic mass is 10.1. The Morgan fingerprint density at radius 1 is 0.931 bits per heavy atom. The van der Waals surface area contributed by atoms with Crippen LogP contribution in [-0.4, -0.2) is 10.5 Å². The van der Waals surface area contributed by atoms with Crippen LogP contribution < -0.4 is 5.73 Å². The quantitative estimate of drug-likeness (QED) is 0.302. The molecule has 1 radical (unpaired) electrons. The largest absolute Gasteiger partial charge is 0.366 e. The molecule has 0 aliphatic rings. The van der Waals surface area contributed by atoms with Crippen LogP contribution in [0.4, 0.5) is 26.3 Å². The predicted octanol–water partition coefficient (Wildman–Crippen LogP) is 4.58. The summed E-state index contributed by atoms with van der Waals surface area (Å²) in [4.78, 5) is 11.8. The Bertz CT molecular complexity index is 1300. The monoisotopic (exact) mass is 407 g/mol. The van der Waals surface area contributed by atoms with Gasteiger partial charge in [-0.05, 0) is 24.3 Å². The number of primary amides is 1. The van der Waals surface area contributed by atoms with Crippen molar-refractivity contribution in [3.05, 3.63) is 82.4 Å². The maximum absolute atomic E-state index is 14.6. The summed E-state index contributed by atoms with van der Waals surface area (Å²) in [6, 6.07) is 9.15. The van der Waals surface area contributed by atoms with Crippen LogP contribution in [-0.2, 0) is 6.54 Å². The summed E-state index contributed by atoms with van der Waals surface area (Å²) in [5, 5.41) is 0.233. The number of nitrogens with zero attached hydrogens (tertiary/aromatic N) is 1. The molecule has 4 aromatic rings. The third-order valence-electron chi connectivity index (χ3n) is 4.66. The molecular formula is C20H9F6N2O. The molecular weight excluding hydrogens is 398 g/mol. The third-order valence-corrected chi connectivity index (χ3v) is 4.66. The summed E-state index contributed by atoms with van der Waals surface area (Å²) >= 11 is 0. The van der Waals surface area contributed by atoms with Gasteiger partial charge in [0.15, 0.2) is 23.3 Å². The molecule has 9 heteroatoms. The lowest BCUT2D eigenvalue weighted by Crippen LogP contribution is -2.12. The van der Waals surface area contributed by atoms with E-state index >= 15 is 0 Å². The van der Waals surface area contributed by atoms with E-state index in [1.807, 2.05) is 0 Å². The number of amides is 1. The van der Waals surface area contributed by atoms with Gasteiger partial charge in [0.1, 0.15) is 5.82 Å². The van der Waals surface area contributed by atoms with Gasteiger partial charge >= 0.3 is 0 Å². The van der Waals surface area contributed by atoms with Gasteiger partial charge in [0.2, 0.25) is 11.7 Å². The molecule has 0 bridgehead atoms. The fourth-order valence-corrected chi connectivity index (χ4v) is 3.38. The van der Waals surface area contributed by atoms with Crippen LogP contribution in [0.1, 0.15) is 15.9 Å². The third kappa shape index (κ3) is 2.65. The van der Waals surface area contributed by atoms with E-state index in [4.69, 9.17) is 5.73 Å². The van der Waals surface area contributed by atoms with E-state index < -0.39 is 52.9 Å². The highest BCUT2D eigenvalue weighted by molar-refractivity contribution is 6.17. The number of hydrogen-bond acceptors (Lipinski definition) is 1. The van der Waals surface area contributed by atoms with Gasteiger partial charge < -0.3 is 10.3 Å². The fourth-order valence-electron chi connectivity index (χ4n) is 3.38. The van der Waals surface area contributed by atoms with Crippen molar-refractivity contribution >= 4 is 27.7 Å². The van der Waals surface area contributed by atoms with Gasteiger partial charge in [-0.1, -0.05) is 12.1 Å². The zero-order valence-corrected chi connectivity index (χ0v) is 14.3.